The molecule has 4 nitrogen and oxygen atoms in total. The Labute approximate surface area is 170 Å². The summed E-state index contributed by atoms with van der Waals surface area (Å²) in [7, 11) is 3.51. The van der Waals surface area contributed by atoms with E-state index in [0.29, 0.717) is 12.1 Å². The smallest absolute Gasteiger partial charge is 0.253 e. The second kappa shape index (κ2) is 8.23. The van der Waals surface area contributed by atoms with Crippen LogP contribution in [0.5, 0.6) is 5.75 Å². The third kappa shape index (κ3) is 4.02. The molecule has 0 saturated carbocycles. The number of aromatic amines is 1. The number of nitrogens with zero attached hydrogens (tertiary/aromatic N) is 1. The Kier molecular flexibility index (Phi) is 5.34. The molecule has 3 aromatic carbocycles. The molecule has 0 saturated heterocycles. The summed E-state index contributed by atoms with van der Waals surface area (Å²) in [5, 5.41) is 1.22. The first kappa shape index (κ1) is 18.8. The maximum Gasteiger partial charge on any atom is 0.253 e. The quantitative estimate of drug-likeness (QED) is 0.499. The summed E-state index contributed by atoms with van der Waals surface area (Å²) < 4.78 is 5.20. The zero-order valence-electron chi connectivity index (χ0n) is 16.7. The van der Waals surface area contributed by atoms with Crippen LogP contribution in [0.25, 0.3) is 22.0 Å². The second-order valence-electron chi connectivity index (χ2n) is 7.14. The molecule has 0 atom stereocenters. The number of likely N-dealkylation sites (N-methyl/N-ethyl adjacent to an activating group) is 1. The number of methoxy groups -OCH3 is 1. The van der Waals surface area contributed by atoms with Crippen LogP contribution >= 0.6 is 0 Å². The van der Waals surface area contributed by atoms with E-state index in [1.807, 2.05) is 73.9 Å². The fraction of sp³-hybridized carbons (Fsp3) is 0.160. The van der Waals surface area contributed by atoms with Gasteiger partial charge in [-0.2, -0.15) is 0 Å². The van der Waals surface area contributed by atoms with Gasteiger partial charge in [-0.3, -0.25) is 4.79 Å². The monoisotopic (exact) mass is 384 g/mol. The average Bonchev–Trinajstić information content (AvgIpc) is 3.20. The maximum absolute atomic E-state index is 12.8. The van der Waals surface area contributed by atoms with Crippen LogP contribution in [0.3, 0.4) is 0 Å². The molecule has 0 aliphatic heterocycles. The van der Waals surface area contributed by atoms with Gasteiger partial charge in [0.15, 0.2) is 0 Å². The molecule has 4 rings (SSSR count). The molecule has 0 fully saturated rings. The minimum atomic E-state index is 0.0334. The van der Waals surface area contributed by atoms with E-state index < -0.39 is 0 Å². The van der Waals surface area contributed by atoms with Crippen LogP contribution in [0.2, 0.25) is 0 Å². The number of amides is 1. The second-order valence-corrected chi connectivity index (χ2v) is 7.14. The van der Waals surface area contributed by atoms with E-state index in [0.717, 1.165) is 28.8 Å². The highest BCUT2D eigenvalue weighted by molar-refractivity contribution is 5.94. The summed E-state index contributed by atoms with van der Waals surface area (Å²) in [6.45, 7) is 0.668. The van der Waals surface area contributed by atoms with Gasteiger partial charge in [0.1, 0.15) is 5.75 Å². The van der Waals surface area contributed by atoms with Crippen LogP contribution in [0.4, 0.5) is 0 Å². The van der Waals surface area contributed by atoms with Gasteiger partial charge in [-0.1, -0.05) is 42.5 Å². The summed E-state index contributed by atoms with van der Waals surface area (Å²) in [5.41, 5.74) is 5.23. The van der Waals surface area contributed by atoms with Crippen molar-refractivity contribution in [2.45, 2.75) is 6.42 Å². The van der Waals surface area contributed by atoms with Gasteiger partial charge in [0, 0.05) is 36.3 Å². The third-order valence-corrected chi connectivity index (χ3v) is 5.29. The molecule has 0 aliphatic rings. The van der Waals surface area contributed by atoms with Gasteiger partial charge < -0.3 is 14.6 Å². The third-order valence-electron chi connectivity index (χ3n) is 5.29. The molecule has 4 heteroatoms. The Morgan fingerprint density at radius 2 is 1.59 bits per heavy atom. The lowest BCUT2D eigenvalue weighted by Crippen LogP contribution is -2.28. The molecule has 29 heavy (non-hydrogen) atoms. The number of hydrogen-bond acceptors (Lipinski definition) is 2. The van der Waals surface area contributed by atoms with Crippen molar-refractivity contribution < 1.29 is 9.53 Å². The lowest BCUT2D eigenvalue weighted by Gasteiger charge is -2.17. The van der Waals surface area contributed by atoms with Crippen molar-refractivity contribution in [2.75, 3.05) is 20.7 Å². The molecular weight excluding hydrogens is 360 g/mol. The molecule has 0 unspecified atom stereocenters. The Balaban J connectivity index is 1.41. The molecule has 0 aliphatic carbocycles. The average molecular weight is 384 g/mol. The number of hydrogen-bond donors (Lipinski definition) is 1. The first-order valence-electron chi connectivity index (χ1n) is 9.70. The lowest BCUT2D eigenvalue weighted by molar-refractivity contribution is 0.0796. The molecule has 0 bridgehead atoms. The molecule has 0 radical (unpaired) electrons. The summed E-state index contributed by atoms with van der Waals surface area (Å²) in [5.74, 6) is 0.864. The van der Waals surface area contributed by atoms with Crippen molar-refractivity contribution in [1.82, 2.24) is 9.88 Å². The van der Waals surface area contributed by atoms with Gasteiger partial charge in [-0.05, 0) is 53.4 Å². The molecule has 1 aromatic heterocycles. The lowest BCUT2D eigenvalue weighted by atomic mass is 10.0. The number of fused-ring (bicyclic) bond motifs is 1. The van der Waals surface area contributed by atoms with Crippen molar-refractivity contribution in [3.63, 3.8) is 0 Å². The number of benzene rings is 3. The van der Waals surface area contributed by atoms with Crippen molar-refractivity contribution in [2.24, 2.45) is 0 Å². The van der Waals surface area contributed by atoms with Gasteiger partial charge in [-0.25, -0.2) is 0 Å². The first-order valence-corrected chi connectivity index (χ1v) is 9.70. The molecular formula is C25H24N2O2. The van der Waals surface area contributed by atoms with Crippen LogP contribution in [-0.2, 0) is 6.42 Å². The van der Waals surface area contributed by atoms with Gasteiger partial charge in [0.25, 0.3) is 5.91 Å². The number of carbonyl (C=O) groups excluding carboxylic acids is 1. The van der Waals surface area contributed by atoms with Gasteiger partial charge in [0.05, 0.1) is 7.11 Å². The topological polar surface area (TPSA) is 45.3 Å². The van der Waals surface area contributed by atoms with Crippen LogP contribution < -0.4 is 4.74 Å². The number of nitrogens with one attached hydrogen (secondary N) is 1. The zero-order chi connectivity index (χ0) is 20.2. The normalized spacial score (nSPS) is 10.8. The predicted molar refractivity (Wildman–Crippen MR) is 117 cm³/mol. The minimum Gasteiger partial charge on any atom is -0.497 e. The van der Waals surface area contributed by atoms with E-state index in [1.165, 1.54) is 10.9 Å². The summed E-state index contributed by atoms with van der Waals surface area (Å²) in [6.07, 6.45) is 2.85. The largest absolute Gasteiger partial charge is 0.497 e. The van der Waals surface area contributed by atoms with Crippen molar-refractivity contribution in [1.29, 1.82) is 0 Å². The SMILES string of the molecule is COc1ccc(-c2ccc(C(=O)N(C)CCc3c[nH]c4ccccc34)cc2)cc1. The number of carbonyl (C=O) groups is 1. The fourth-order valence-corrected chi connectivity index (χ4v) is 3.54. The van der Waals surface area contributed by atoms with E-state index in [9.17, 15) is 4.79 Å². The van der Waals surface area contributed by atoms with E-state index in [-0.39, 0.29) is 5.91 Å². The van der Waals surface area contributed by atoms with Gasteiger partial charge in [-0.15, -0.1) is 0 Å². The molecule has 0 spiro atoms. The minimum absolute atomic E-state index is 0.0334. The predicted octanol–water partition coefficient (Wildman–Crippen LogP) is 5.16. The van der Waals surface area contributed by atoms with Crippen molar-refractivity contribution in [3.05, 3.63) is 90.1 Å². The van der Waals surface area contributed by atoms with Crippen LogP contribution in [0.15, 0.2) is 79.0 Å². The van der Waals surface area contributed by atoms with E-state index in [2.05, 4.69) is 17.1 Å². The van der Waals surface area contributed by atoms with Crippen LogP contribution in [0, 0.1) is 0 Å². The van der Waals surface area contributed by atoms with E-state index in [1.54, 1.807) is 12.0 Å². The number of H-pyrrole nitrogens is 1. The standard InChI is InChI=1S/C25H24N2O2/c1-27(16-15-21-17-26-24-6-4-3-5-23(21)24)25(28)20-9-7-18(8-10-20)19-11-13-22(29-2)14-12-19/h3-14,17,26H,15-16H2,1-2H3. The first-order chi connectivity index (χ1) is 14.2. The molecule has 1 N–H and O–H groups in total. The number of ether oxygens (including phenoxy) is 1. The number of rotatable bonds is 6. The van der Waals surface area contributed by atoms with Gasteiger partial charge >= 0.3 is 0 Å². The molecule has 146 valence electrons. The summed E-state index contributed by atoms with van der Waals surface area (Å²) >= 11 is 0. The Morgan fingerprint density at radius 1 is 0.931 bits per heavy atom. The zero-order valence-corrected chi connectivity index (χ0v) is 16.7. The molecule has 4 aromatic rings. The highest BCUT2D eigenvalue weighted by Crippen LogP contribution is 2.23. The fourth-order valence-electron chi connectivity index (χ4n) is 3.54. The van der Waals surface area contributed by atoms with Crippen LogP contribution in [-0.4, -0.2) is 36.5 Å². The van der Waals surface area contributed by atoms with Gasteiger partial charge in [0.2, 0.25) is 0 Å². The summed E-state index contributed by atoms with van der Waals surface area (Å²) in [4.78, 5) is 17.9. The van der Waals surface area contributed by atoms with E-state index >= 15 is 0 Å². The summed E-state index contributed by atoms with van der Waals surface area (Å²) in [6, 6.07) is 23.9. The maximum atomic E-state index is 12.8. The highest BCUT2D eigenvalue weighted by atomic mass is 16.5. The molecule has 1 amide bonds. The van der Waals surface area contributed by atoms with Crippen molar-refractivity contribution in [3.8, 4) is 16.9 Å². The Morgan fingerprint density at radius 3 is 2.28 bits per heavy atom. The number of aromatic nitrogens is 1. The Hall–Kier alpha value is -3.53. The highest BCUT2D eigenvalue weighted by Gasteiger charge is 2.13. The Bertz CT molecular complexity index is 1110. The van der Waals surface area contributed by atoms with E-state index in [4.69, 9.17) is 4.74 Å². The van der Waals surface area contributed by atoms with Crippen LogP contribution in [0.1, 0.15) is 15.9 Å². The van der Waals surface area contributed by atoms with Crippen molar-refractivity contribution >= 4 is 16.8 Å². The number of para-hydroxylation sites is 1. The molecule has 1 heterocycles.